The van der Waals surface area contributed by atoms with Crippen LogP contribution in [0, 0.1) is 5.82 Å². The molecule has 27 heavy (non-hydrogen) atoms. The SMILES string of the molecule is CC(C)c1c(C(=O)Nc2ccc3[nH]ccc3c2)cnn1-c1ccc(F)cc1. The van der Waals surface area contributed by atoms with Crippen LogP contribution in [0.1, 0.15) is 35.8 Å². The fourth-order valence-corrected chi connectivity index (χ4v) is 3.21. The number of hydrogen-bond acceptors (Lipinski definition) is 2. The number of anilines is 1. The van der Waals surface area contributed by atoms with Gasteiger partial charge < -0.3 is 10.3 Å². The minimum absolute atomic E-state index is 0.0606. The van der Waals surface area contributed by atoms with Crippen molar-refractivity contribution in [2.45, 2.75) is 19.8 Å². The summed E-state index contributed by atoms with van der Waals surface area (Å²) in [7, 11) is 0. The van der Waals surface area contributed by atoms with Crippen LogP contribution < -0.4 is 5.32 Å². The number of amides is 1. The van der Waals surface area contributed by atoms with Crippen LogP contribution in [0.15, 0.2) is 60.9 Å². The molecule has 0 aliphatic heterocycles. The first-order valence-corrected chi connectivity index (χ1v) is 8.75. The number of rotatable bonds is 4. The minimum atomic E-state index is -0.310. The summed E-state index contributed by atoms with van der Waals surface area (Å²) in [4.78, 5) is 16.0. The number of H-pyrrole nitrogens is 1. The van der Waals surface area contributed by atoms with Crippen molar-refractivity contribution in [2.24, 2.45) is 0 Å². The van der Waals surface area contributed by atoms with Crippen LogP contribution in [0.2, 0.25) is 0 Å². The lowest BCUT2D eigenvalue weighted by Gasteiger charge is -2.13. The van der Waals surface area contributed by atoms with Gasteiger partial charge in [-0.05, 0) is 54.4 Å². The summed E-state index contributed by atoms with van der Waals surface area (Å²) in [5, 5.41) is 8.34. The van der Waals surface area contributed by atoms with Crippen LogP contribution in [-0.4, -0.2) is 20.7 Å². The average Bonchev–Trinajstić information content (AvgIpc) is 3.28. The molecule has 1 amide bonds. The van der Waals surface area contributed by atoms with Crippen molar-refractivity contribution in [3.63, 3.8) is 0 Å². The predicted octanol–water partition coefficient (Wildman–Crippen LogP) is 4.87. The molecule has 6 heteroatoms. The van der Waals surface area contributed by atoms with Gasteiger partial charge in [0.15, 0.2) is 0 Å². The van der Waals surface area contributed by atoms with Gasteiger partial charge in [-0.2, -0.15) is 5.10 Å². The zero-order chi connectivity index (χ0) is 19.0. The fourth-order valence-electron chi connectivity index (χ4n) is 3.21. The van der Waals surface area contributed by atoms with E-state index in [0.29, 0.717) is 11.3 Å². The lowest BCUT2D eigenvalue weighted by molar-refractivity contribution is 0.102. The maximum Gasteiger partial charge on any atom is 0.259 e. The molecule has 5 nitrogen and oxygen atoms in total. The number of fused-ring (bicyclic) bond motifs is 1. The van der Waals surface area contributed by atoms with Gasteiger partial charge in [0.25, 0.3) is 5.91 Å². The van der Waals surface area contributed by atoms with E-state index < -0.39 is 0 Å². The van der Waals surface area contributed by atoms with Crippen LogP contribution in [0.25, 0.3) is 16.6 Å². The highest BCUT2D eigenvalue weighted by atomic mass is 19.1. The summed E-state index contributed by atoms with van der Waals surface area (Å²) >= 11 is 0. The van der Waals surface area contributed by atoms with Crippen LogP contribution in [0.5, 0.6) is 0 Å². The van der Waals surface area contributed by atoms with Crippen molar-refractivity contribution in [2.75, 3.05) is 5.32 Å². The highest BCUT2D eigenvalue weighted by Gasteiger charge is 2.21. The molecule has 4 aromatic rings. The van der Waals surface area contributed by atoms with Gasteiger partial charge in [0.1, 0.15) is 5.82 Å². The van der Waals surface area contributed by atoms with Crippen molar-refractivity contribution in [3.05, 3.63) is 78.0 Å². The molecular formula is C21H19FN4O. The molecule has 0 atom stereocenters. The Labute approximate surface area is 155 Å². The van der Waals surface area contributed by atoms with Crippen LogP contribution in [0.4, 0.5) is 10.1 Å². The maximum absolute atomic E-state index is 13.2. The summed E-state index contributed by atoms with van der Waals surface area (Å²) in [5.74, 6) is -0.470. The molecule has 2 heterocycles. The van der Waals surface area contributed by atoms with E-state index in [1.165, 1.54) is 12.1 Å². The molecule has 0 fully saturated rings. The van der Waals surface area contributed by atoms with Gasteiger partial charge in [-0.15, -0.1) is 0 Å². The molecule has 4 rings (SSSR count). The molecular weight excluding hydrogens is 343 g/mol. The van der Waals surface area contributed by atoms with Crippen LogP contribution in [-0.2, 0) is 0 Å². The van der Waals surface area contributed by atoms with Crippen LogP contribution in [0.3, 0.4) is 0 Å². The smallest absolute Gasteiger partial charge is 0.259 e. The Morgan fingerprint density at radius 3 is 2.67 bits per heavy atom. The summed E-state index contributed by atoms with van der Waals surface area (Å²) in [6, 6.07) is 13.7. The quantitative estimate of drug-likeness (QED) is 0.544. The van der Waals surface area contributed by atoms with Crippen molar-refractivity contribution in [1.82, 2.24) is 14.8 Å². The van der Waals surface area contributed by atoms with Crippen molar-refractivity contribution in [3.8, 4) is 5.69 Å². The fraction of sp³-hybridized carbons (Fsp3) is 0.143. The number of halogens is 1. The lowest BCUT2D eigenvalue weighted by Crippen LogP contribution is -2.15. The Morgan fingerprint density at radius 2 is 1.93 bits per heavy atom. The molecule has 0 saturated carbocycles. The van der Waals surface area contributed by atoms with E-state index in [-0.39, 0.29) is 17.6 Å². The number of carbonyl (C=O) groups excluding carboxylic acids is 1. The number of benzene rings is 2. The Balaban J connectivity index is 1.68. The Hall–Kier alpha value is -3.41. The van der Waals surface area contributed by atoms with E-state index in [4.69, 9.17) is 0 Å². The van der Waals surface area contributed by atoms with Crippen molar-refractivity contribution >= 4 is 22.5 Å². The van der Waals surface area contributed by atoms with Gasteiger partial charge in [-0.3, -0.25) is 4.79 Å². The summed E-state index contributed by atoms with van der Waals surface area (Å²) in [5.41, 5.74) is 3.73. The zero-order valence-corrected chi connectivity index (χ0v) is 15.0. The van der Waals surface area contributed by atoms with E-state index in [0.717, 1.165) is 22.3 Å². The first-order valence-electron chi connectivity index (χ1n) is 8.75. The topological polar surface area (TPSA) is 62.7 Å². The number of carbonyl (C=O) groups is 1. The Bertz CT molecular complexity index is 1110. The van der Waals surface area contributed by atoms with Gasteiger partial charge in [0.2, 0.25) is 0 Å². The van der Waals surface area contributed by atoms with Gasteiger partial charge in [0.05, 0.1) is 23.1 Å². The first kappa shape index (κ1) is 17.0. The molecule has 0 aliphatic carbocycles. The largest absolute Gasteiger partial charge is 0.361 e. The first-order chi connectivity index (χ1) is 13.0. The molecule has 0 saturated heterocycles. The van der Waals surface area contributed by atoms with Crippen LogP contribution >= 0.6 is 0 Å². The third-order valence-corrected chi connectivity index (χ3v) is 4.48. The number of nitrogens with one attached hydrogen (secondary N) is 2. The Morgan fingerprint density at radius 1 is 1.15 bits per heavy atom. The van der Waals surface area contributed by atoms with E-state index in [1.807, 2.05) is 44.3 Å². The van der Waals surface area contributed by atoms with E-state index in [1.54, 1.807) is 23.0 Å². The third-order valence-electron chi connectivity index (χ3n) is 4.48. The molecule has 0 radical (unpaired) electrons. The normalized spacial score (nSPS) is 11.3. The van der Waals surface area contributed by atoms with Gasteiger partial charge >= 0.3 is 0 Å². The maximum atomic E-state index is 13.2. The second kappa shape index (κ2) is 6.72. The second-order valence-electron chi connectivity index (χ2n) is 6.72. The highest BCUT2D eigenvalue weighted by Crippen LogP contribution is 2.25. The van der Waals surface area contributed by atoms with E-state index in [9.17, 15) is 9.18 Å². The van der Waals surface area contributed by atoms with Crippen molar-refractivity contribution in [1.29, 1.82) is 0 Å². The molecule has 2 N–H and O–H groups in total. The number of aromatic amines is 1. The molecule has 0 aliphatic rings. The van der Waals surface area contributed by atoms with E-state index in [2.05, 4.69) is 15.4 Å². The van der Waals surface area contributed by atoms with E-state index >= 15 is 0 Å². The molecule has 0 spiro atoms. The Kier molecular flexibility index (Phi) is 4.24. The number of aromatic nitrogens is 3. The summed E-state index contributed by atoms with van der Waals surface area (Å²) in [6.07, 6.45) is 3.42. The zero-order valence-electron chi connectivity index (χ0n) is 15.0. The highest BCUT2D eigenvalue weighted by molar-refractivity contribution is 6.06. The summed E-state index contributed by atoms with van der Waals surface area (Å²) < 4.78 is 14.9. The minimum Gasteiger partial charge on any atom is -0.361 e. The molecule has 2 aromatic heterocycles. The van der Waals surface area contributed by atoms with Gasteiger partial charge in [-0.25, -0.2) is 9.07 Å². The molecule has 0 unspecified atom stereocenters. The molecule has 0 bridgehead atoms. The predicted molar refractivity (Wildman–Crippen MR) is 104 cm³/mol. The van der Waals surface area contributed by atoms with Gasteiger partial charge in [0, 0.05) is 22.8 Å². The lowest BCUT2D eigenvalue weighted by atomic mass is 10.0. The number of hydrogen-bond donors (Lipinski definition) is 2. The van der Waals surface area contributed by atoms with Crippen molar-refractivity contribution < 1.29 is 9.18 Å². The van der Waals surface area contributed by atoms with Gasteiger partial charge in [-0.1, -0.05) is 13.8 Å². The number of nitrogens with zero attached hydrogens (tertiary/aromatic N) is 2. The summed E-state index contributed by atoms with van der Waals surface area (Å²) in [6.45, 7) is 4.00. The average molecular weight is 362 g/mol. The molecule has 2 aromatic carbocycles. The monoisotopic (exact) mass is 362 g/mol. The second-order valence-corrected chi connectivity index (χ2v) is 6.72. The molecule has 136 valence electrons. The standard InChI is InChI=1S/C21H19FN4O/c1-13(2)20-18(12-24-26(20)17-6-3-15(22)4-7-17)21(27)25-16-5-8-19-14(11-16)9-10-23-19/h3-13,23H,1-2H3,(H,25,27). The third kappa shape index (κ3) is 3.21.